The number of thiophene rings is 1. The summed E-state index contributed by atoms with van der Waals surface area (Å²) >= 11 is 1.47. The second-order valence-electron chi connectivity index (χ2n) is 5.57. The Morgan fingerprint density at radius 2 is 1.96 bits per heavy atom. The van der Waals surface area contributed by atoms with Crippen LogP contribution in [-0.4, -0.2) is 34.6 Å². The molecule has 4 rings (SSSR count). The van der Waals surface area contributed by atoms with Gasteiger partial charge in [-0.15, -0.1) is 11.3 Å². The molecule has 9 heteroatoms. The lowest BCUT2D eigenvalue weighted by Crippen LogP contribution is -1.98. The molecule has 3 heterocycles. The normalized spacial score (nSPS) is 11.6. The molecule has 0 spiro atoms. The molecule has 1 N–H and O–H groups in total. The van der Waals surface area contributed by atoms with Gasteiger partial charge in [-0.3, -0.25) is 0 Å². The molecule has 0 bridgehead atoms. The summed E-state index contributed by atoms with van der Waals surface area (Å²) in [5.74, 6) is 1.22. The molecule has 0 unspecified atom stereocenters. The average molecular weight is 383 g/mol. The maximum atomic E-state index is 11.9. The number of benzene rings is 1. The van der Waals surface area contributed by atoms with E-state index in [1.807, 2.05) is 11.4 Å². The van der Waals surface area contributed by atoms with Crippen LogP contribution in [0.1, 0.15) is 0 Å². The first kappa shape index (κ1) is 16.6. The molecule has 0 amide bonds. The zero-order valence-corrected chi connectivity index (χ0v) is 15.3. The molecule has 0 aliphatic heterocycles. The van der Waals surface area contributed by atoms with E-state index in [2.05, 4.69) is 25.3 Å². The van der Waals surface area contributed by atoms with Crippen molar-refractivity contribution in [3.8, 4) is 11.1 Å². The van der Waals surface area contributed by atoms with Gasteiger partial charge in [-0.05, 0) is 23.8 Å². The summed E-state index contributed by atoms with van der Waals surface area (Å²) in [6.45, 7) is 0. The Kier molecular flexibility index (Phi) is 4.09. The number of nitrogens with one attached hydrogen (secondary N) is 1. The van der Waals surface area contributed by atoms with Crippen LogP contribution in [0.2, 0.25) is 0 Å². The van der Waals surface area contributed by atoms with Crippen molar-refractivity contribution in [1.82, 2.24) is 19.9 Å². The van der Waals surface area contributed by atoms with Gasteiger partial charge in [0, 0.05) is 23.4 Å². The van der Waals surface area contributed by atoms with Crippen molar-refractivity contribution in [2.24, 2.45) is 0 Å². The van der Waals surface area contributed by atoms with Crippen LogP contribution in [0.25, 0.3) is 21.3 Å². The number of fused-ring (bicyclic) bond motifs is 1. The largest absolute Gasteiger partial charge is 0.324 e. The first-order valence-corrected chi connectivity index (χ1v) is 10.4. The van der Waals surface area contributed by atoms with E-state index in [0.29, 0.717) is 11.6 Å². The van der Waals surface area contributed by atoms with Crippen molar-refractivity contribution in [1.29, 1.82) is 0 Å². The second kappa shape index (κ2) is 6.43. The van der Waals surface area contributed by atoms with Gasteiger partial charge in [-0.2, -0.15) is 0 Å². The smallest absolute Gasteiger partial charge is 0.175 e. The summed E-state index contributed by atoms with van der Waals surface area (Å²) in [6.07, 6.45) is 5.77. The van der Waals surface area contributed by atoms with Gasteiger partial charge in [-0.1, -0.05) is 12.1 Å². The molecule has 7 nitrogen and oxygen atoms in total. The summed E-state index contributed by atoms with van der Waals surface area (Å²) in [5.41, 5.74) is 1.66. The van der Waals surface area contributed by atoms with Crippen molar-refractivity contribution in [3.05, 3.63) is 54.6 Å². The van der Waals surface area contributed by atoms with E-state index in [0.717, 1.165) is 21.3 Å². The fourth-order valence-corrected chi connectivity index (χ4v) is 4.15. The van der Waals surface area contributed by atoms with Crippen LogP contribution in [0.3, 0.4) is 0 Å². The van der Waals surface area contributed by atoms with Gasteiger partial charge >= 0.3 is 0 Å². The molecular formula is C17H13N5O2S2. The first-order valence-electron chi connectivity index (χ1n) is 7.58. The van der Waals surface area contributed by atoms with E-state index in [-0.39, 0.29) is 4.90 Å². The number of sulfone groups is 1. The van der Waals surface area contributed by atoms with E-state index < -0.39 is 9.84 Å². The lowest BCUT2D eigenvalue weighted by atomic mass is 10.1. The highest BCUT2D eigenvalue weighted by molar-refractivity contribution is 7.90. The minimum absolute atomic E-state index is 0.275. The molecule has 0 fully saturated rings. The Morgan fingerprint density at radius 1 is 1.08 bits per heavy atom. The van der Waals surface area contributed by atoms with Crippen LogP contribution < -0.4 is 5.32 Å². The van der Waals surface area contributed by atoms with E-state index in [1.165, 1.54) is 30.2 Å². The van der Waals surface area contributed by atoms with Crippen LogP contribution in [0.15, 0.2) is 59.5 Å². The van der Waals surface area contributed by atoms with Gasteiger partial charge in [0.05, 0.1) is 10.3 Å². The lowest BCUT2D eigenvalue weighted by molar-refractivity contribution is 0.602. The number of nitrogens with zero attached hydrogens (tertiary/aromatic N) is 4. The van der Waals surface area contributed by atoms with Crippen molar-refractivity contribution in [3.63, 3.8) is 0 Å². The van der Waals surface area contributed by atoms with E-state index in [4.69, 9.17) is 0 Å². The Labute approximate surface area is 153 Å². The highest BCUT2D eigenvalue weighted by Gasteiger charge is 2.15. The average Bonchev–Trinajstić information content (AvgIpc) is 3.07. The highest BCUT2D eigenvalue weighted by Crippen LogP contribution is 2.37. The molecule has 0 saturated heterocycles. The summed E-state index contributed by atoms with van der Waals surface area (Å²) in [6, 6.07) is 8.60. The fourth-order valence-electron chi connectivity index (χ4n) is 2.56. The maximum absolute atomic E-state index is 11.9. The molecule has 1 aromatic carbocycles. The van der Waals surface area contributed by atoms with E-state index >= 15 is 0 Å². The highest BCUT2D eigenvalue weighted by atomic mass is 32.2. The molecular weight excluding hydrogens is 370 g/mol. The molecule has 26 heavy (non-hydrogen) atoms. The maximum Gasteiger partial charge on any atom is 0.175 e. The van der Waals surface area contributed by atoms with Gasteiger partial charge in [0.2, 0.25) is 0 Å². The monoisotopic (exact) mass is 383 g/mol. The van der Waals surface area contributed by atoms with Crippen LogP contribution in [0.4, 0.5) is 11.6 Å². The van der Waals surface area contributed by atoms with Gasteiger partial charge in [0.1, 0.15) is 29.1 Å². The van der Waals surface area contributed by atoms with E-state index in [9.17, 15) is 8.42 Å². The molecule has 130 valence electrons. The zero-order chi connectivity index (χ0) is 18.1. The molecule has 0 saturated carbocycles. The predicted octanol–water partition coefficient (Wildman–Crippen LogP) is 3.30. The minimum Gasteiger partial charge on any atom is -0.324 e. The Balaban J connectivity index is 1.87. The van der Waals surface area contributed by atoms with Crippen LogP contribution in [0, 0.1) is 0 Å². The SMILES string of the molecule is CS(=O)(=O)c1cccc(-c2csc3ncnc(Nc4ccncn4)c23)c1. The molecule has 0 aliphatic rings. The molecule has 0 aliphatic carbocycles. The quantitative estimate of drug-likeness (QED) is 0.577. The van der Waals surface area contributed by atoms with Gasteiger partial charge in [-0.25, -0.2) is 28.4 Å². The number of anilines is 2. The van der Waals surface area contributed by atoms with Crippen molar-refractivity contribution >= 4 is 43.0 Å². The Morgan fingerprint density at radius 3 is 2.73 bits per heavy atom. The Hall–Kier alpha value is -2.91. The lowest BCUT2D eigenvalue weighted by Gasteiger charge is -2.08. The van der Waals surface area contributed by atoms with Gasteiger partial charge < -0.3 is 5.32 Å². The summed E-state index contributed by atoms with van der Waals surface area (Å²) in [7, 11) is -3.29. The number of hydrogen-bond acceptors (Lipinski definition) is 8. The Bertz CT molecular complexity index is 1190. The van der Waals surface area contributed by atoms with Crippen molar-refractivity contribution in [2.75, 3.05) is 11.6 Å². The molecule has 0 atom stereocenters. The van der Waals surface area contributed by atoms with Crippen LogP contribution in [-0.2, 0) is 9.84 Å². The summed E-state index contributed by atoms with van der Waals surface area (Å²) in [5, 5.41) is 5.95. The van der Waals surface area contributed by atoms with Gasteiger partial charge in [0.25, 0.3) is 0 Å². The predicted molar refractivity (Wildman–Crippen MR) is 101 cm³/mol. The van der Waals surface area contributed by atoms with Crippen LogP contribution in [0.5, 0.6) is 0 Å². The van der Waals surface area contributed by atoms with Crippen molar-refractivity contribution in [2.45, 2.75) is 4.90 Å². The van der Waals surface area contributed by atoms with Crippen LogP contribution >= 0.6 is 11.3 Å². The second-order valence-corrected chi connectivity index (χ2v) is 8.45. The third kappa shape index (κ3) is 3.14. The topological polar surface area (TPSA) is 97.7 Å². The molecule has 4 aromatic rings. The standard InChI is InChI=1S/C17H13N5O2S2/c1-26(23,24)12-4-2-3-11(7-12)13-8-25-17-15(13)16(20-10-21-17)22-14-5-6-18-9-19-14/h2-10H,1H3,(H,18,19,20,21,22). The molecule has 0 radical (unpaired) electrons. The van der Waals surface area contributed by atoms with Gasteiger partial charge in [0.15, 0.2) is 9.84 Å². The number of rotatable bonds is 4. The number of hydrogen-bond donors (Lipinski definition) is 1. The number of aromatic nitrogens is 4. The van der Waals surface area contributed by atoms with E-state index in [1.54, 1.807) is 30.5 Å². The zero-order valence-electron chi connectivity index (χ0n) is 13.6. The third-order valence-electron chi connectivity index (χ3n) is 3.77. The third-order valence-corrected chi connectivity index (χ3v) is 5.77. The summed E-state index contributed by atoms with van der Waals surface area (Å²) in [4.78, 5) is 17.8. The fraction of sp³-hybridized carbons (Fsp3) is 0.0588. The van der Waals surface area contributed by atoms with Crippen molar-refractivity contribution < 1.29 is 8.42 Å². The summed E-state index contributed by atoms with van der Waals surface area (Å²) < 4.78 is 23.8. The first-order chi connectivity index (χ1) is 12.5. The molecule has 3 aromatic heterocycles. The minimum atomic E-state index is -3.29.